The summed E-state index contributed by atoms with van der Waals surface area (Å²) in [7, 11) is -3.60. The van der Waals surface area contributed by atoms with Crippen LogP contribution in [0.2, 0.25) is 0 Å². The number of alkyl halides is 1. The Balaban J connectivity index is 2.44. The maximum atomic E-state index is 12.3. The fraction of sp³-hybridized carbons (Fsp3) is 0.400. The molecule has 0 aromatic heterocycles. The summed E-state index contributed by atoms with van der Waals surface area (Å²) in [4.78, 5) is 0.169. The SMILES string of the molecule is CC(C)(CBr)NS(=O)(=O)c1cccc2c1N=S=N2. The number of rotatable bonds is 4. The summed E-state index contributed by atoms with van der Waals surface area (Å²) in [5, 5.41) is 0.518. The summed E-state index contributed by atoms with van der Waals surface area (Å²) >= 11 is 4.29. The van der Waals surface area contributed by atoms with Crippen molar-refractivity contribution in [2.75, 3.05) is 5.33 Å². The third-order valence-corrected chi connectivity index (χ3v) is 5.96. The molecule has 18 heavy (non-hydrogen) atoms. The Hall–Kier alpha value is -0.570. The zero-order valence-electron chi connectivity index (χ0n) is 9.84. The molecule has 0 spiro atoms. The van der Waals surface area contributed by atoms with Crippen molar-refractivity contribution in [2.45, 2.75) is 24.3 Å². The van der Waals surface area contributed by atoms with Crippen LogP contribution >= 0.6 is 15.9 Å². The Labute approximate surface area is 118 Å². The Bertz CT molecular complexity index is 649. The van der Waals surface area contributed by atoms with Gasteiger partial charge in [-0.05, 0) is 26.0 Å². The minimum Gasteiger partial charge on any atom is -0.207 e. The second kappa shape index (κ2) is 4.84. The van der Waals surface area contributed by atoms with E-state index in [2.05, 4.69) is 29.4 Å². The van der Waals surface area contributed by atoms with Crippen LogP contribution in [0, 0.1) is 0 Å². The van der Waals surface area contributed by atoms with Gasteiger partial charge in [-0.3, -0.25) is 0 Å². The molecule has 5 nitrogen and oxygen atoms in total. The molecule has 1 aliphatic heterocycles. The molecule has 98 valence electrons. The van der Waals surface area contributed by atoms with E-state index < -0.39 is 15.6 Å². The highest BCUT2D eigenvalue weighted by Crippen LogP contribution is 2.37. The zero-order chi connectivity index (χ0) is 13.4. The molecule has 0 bridgehead atoms. The highest BCUT2D eigenvalue weighted by Gasteiger charge is 2.28. The predicted octanol–water partition coefficient (Wildman–Crippen LogP) is 2.86. The standard InChI is InChI=1S/C10H12BrN3O2S2/c1-10(2,6-11)14-18(15,16)8-5-3-4-7-9(8)13-17-12-7/h3-5,14H,6H2,1-2H3. The number of hydrogen-bond acceptors (Lipinski definition) is 4. The van der Waals surface area contributed by atoms with Crippen LogP contribution in [-0.4, -0.2) is 19.3 Å². The Kier molecular flexibility index (Phi) is 3.72. The van der Waals surface area contributed by atoms with Gasteiger partial charge >= 0.3 is 0 Å². The van der Waals surface area contributed by atoms with E-state index in [1.165, 1.54) is 6.07 Å². The van der Waals surface area contributed by atoms with Gasteiger partial charge in [-0.2, -0.15) is 8.73 Å². The molecule has 1 N–H and O–H groups in total. The van der Waals surface area contributed by atoms with Crippen LogP contribution in [0.5, 0.6) is 0 Å². The molecule has 1 aliphatic rings. The maximum absolute atomic E-state index is 12.3. The lowest BCUT2D eigenvalue weighted by atomic mass is 10.1. The number of hydrogen-bond donors (Lipinski definition) is 1. The van der Waals surface area contributed by atoms with Gasteiger partial charge in [-0.25, -0.2) is 13.1 Å². The van der Waals surface area contributed by atoms with Crippen molar-refractivity contribution in [1.29, 1.82) is 0 Å². The number of nitrogens with one attached hydrogen (secondary N) is 1. The van der Waals surface area contributed by atoms with Gasteiger partial charge < -0.3 is 0 Å². The second-order valence-electron chi connectivity index (χ2n) is 4.51. The summed E-state index contributed by atoms with van der Waals surface area (Å²) in [6.45, 7) is 3.61. The second-order valence-corrected chi connectivity index (χ2v) is 7.25. The van der Waals surface area contributed by atoms with E-state index in [4.69, 9.17) is 0 Å². The van der Waals surface area contributed by atoms with Crippen LogP contribution in [-0.2, 0) is 21.4 Å². The van der Waals surface area contributed by atoms with E-state index in [0.717, 1.165) is 11.4 Å². The van der Waals surface area contributed by atoms with Gasteiger partial charge in [0.2, 0.25) is 10.0 Å². The summed E-state index contributed by atoms with van der Waals surface area (Å²) in [6.07, 6.45) is 0. The molecule has 0 unspecified atom stereocenters. The minimum atomic E-state index is -3.60. The van der Waals surface area contributed by atoms with E-state index >= 15 is 0 Å². The van der Waals surface area contributed by atoms with Crippen molar-refractivity contribution in [1.82, 2.24) is 4.72 Å². The molecule has 0 saturated heterocycles. The topological polar surface area (TPSA) is 70.9 Å². The molecule has 1 aromatic rings. The molecule has 0 saturated carbocycles. The largest absolute Gasteiger partial charge is 0.243 e. The summed E-state index contributed by atoms with van der Waals surface area (Å²) < 4.78 is 35.4. The van der Waals surface area contributed by atoms with Crippen molar-refractivity contribution < 1.29 is 8.42 Å². The van der Waals surface area contributed by atoms with Gasteiger partial charge in [-0.1, -0.05) is 22.0 Å². The van der Waals surface area contributed by atoms with Crippen molar-refractivity contribution in [3.05, 3.63) is 18.2 Å². The maximum Gasteiger partial charge on any atom is 0.243 e. The van der Waals surface area contributed by atoms with Gasteiger partial charge in [-0.15, -0.1) is 0 Å². The molecule has 1 heterocycles. The molecule has 2 rings (SSSR count). The number of fused-ring (bicyclic) bond motifs is 1. The van der Waals surface area contributed by atoms with Crippen molar-refractivity contribution in [2.24, 2.45) is 8.73 Å². The molecule has 0 fully saturated rings. The van der Waals surface area contributed by atoms with E-state index in [-0.39, 0.29) is 4.90 Å². The molecule has 1 aromatic carbocycles. The Morgan fingerprint density at radius 1 is 1.39 bits per heavy atom. The number of nitrogens with zero attached hydrogens (tertiary/aromatic N) is 2. The fourth-order valence-corrected chi connectivity index (χ4v) is 3.95. The Morgan fingerprint density at radius 2 is 2.11 bits per heavy atom. The normalized spacial score (nSPS) is 14.4. The first-order valence-corrected chi connectivity index (χ1v) is 8.50. The van der Waals surface area contributed by atoms with Gasteiger partial charge in [0.05, 0.1) is 11.4 Å². The van der Waals surface area contributed by atoms with Gasteiger partial charge in [0, 0.05) is 10.9 Å². The van der Waals surface area contributed by atoms with E-state index in [0.29, 0.717) is 16.7 Å². The average Bonchev–Trinajstić information content (AvgIpc) is 2.75. The average molecular weight is 350 g/mol. The van der Waals surface area contributed by atoms with Crippen molar-refractivity contribution in [3.63, 3.8) is 0 Å². The molecular weight excluding hydrogens is 338 g/mol. The lowest BCUT2D eigenvalue weighted by Gasteiger charge is -2.23. The lowest BCUT2D eigenvalue weighted by molar-refractivity contribution is 0.500. The molecule has 0 radical (unpaired) electrons. The van der Waals surface area contributed by atoms with E-state index in [9.17, 15) is 8.42 Å². The Morgan fingerprint density at radius 3 is 2.78 bits per heavy atom. The highest BCUT2D eigenvalue weighted by atomic mass is 79.9. The molecular formula is C10H12BrN3O2S2. The third-order valence-electron chi connectivity index (χ3n) is 2.28. The first-order chi connectivity index (χ1) is 8.36. The van der Waals surface area contributed by atoms with Gasteiger partial charge in [0.25, 0.3) is 0 Å². The van der Waals surface area contributed by atoms with Gasteiger partial charge in [0.1, 0.15) is 16.3 Å². The molecule has 8 heteroatoms. The number of benzene rings is 1. The predicted molar refractivity (Wildman–Crippen MR) is 76.2 cm³/mol. The van der Waals surface area contributed by atoms with E-state index in [1.54, 1.807) is 26.0 Å². The van der Waals surface area contributed by atoms with Crippen LogP contribution in [0.4, 0.5) is 11.4 Å². The third kappa shape index (κ3) is 2.71. The monoisotopic (exact) mass is 349 g/mol. The van der Waals surface area contributed by atoms with Crippen LogP contribution < -0.4 is 4.72 Å². The summed E-state index contributed by atoms with van der Waals surface area (Å²) in [6, 6.07) is 4.95. The van der Waals surface area contributed by atoms with Crippen molar-refractivity contribution in [3.8, 4) is 0 Å². The number of sulfonamides is 1. The van der Waals surface area contributed by atoms with Gasteiger partial charge in [0.15, 0.2) is 0 Å². The fourth-order valence-electron chi connectivity index (χ4n) is 1.44. The molecule has 0 amide bonds. The van der Waals surface area contributed by atoms with Crippen molar-refractivity contribution >= 4 is 48.7 Å². The lowest BCUT2D eigenvalue weighted by Crippen LogP contribution is -2.44. The van der Waals surface area contributed by atoms with Crippen LogP contribution in [0.15, 0.2) is 31.8 Å². The number of halogens is 1. The van der Waals surface area contributed by atoms with E-state index in [1.807, 2.05) is 0 Å². The highest BCUT2D eigenvalue weighted by molar-refractivity contribution is 9.09. The smallest absolute Gasteiger partial charge is 0.207 e. The first kappa shape index (κ1) is 13.9. The molecule has 0 aliphatic carbocycles. The first-order valence-electron chi connectivity index (χ1n) is 5.17. The van der Waals surface area contributed by atoms with Crippen LogP contribution in [0.3, 0.4) is 0 Å². The van der Waals surface area contributed by atoms with Crippen LogP contribution in [0.25, 0.3) is 0 Å². The summed E-state index contributed by atoms with van der Waals surface area (Å²) in [5.74, 6) is 0. The minimum absolute atomic E-state index is 0.169. The summed E-state index contributed by atoms with van der Waals surface area (Å²) in [5.41, 5.74) is 0.449. The quantitative estimate of drug-likeness (QED) is 0.862. The zero-order valence-corrected chi connectivity index (χ0v) is 13.1. The van der Waals surface area contributed by atoms with Crippen LogP contribution in [0.1, 0.15) is 13.8 Å². The molecule has 0 atom stereocenters.